The average molecular weight is 375 g/mol. The summed E-state index contributed by atoms with van der Waals surface area (Å²) in [6.07, 6.45) is 0. The highest BCUT2D eigenvalue weighted by molar-refractivity contribution is 7.17. The predicted octanol–water partition coefficient (Wildman–Crippen LogP) is 4.90. The Balaban J connectivity index is 1.69. The van der Waals surface area contributed by atoms with Crippen LogP contribution in [0.25, 0.3) is 21.3 Å². The summed E-state index contributed by atoms with van der Waals surface area (Å²) in [6, 6.07) is 16.4. The van der Waals surface area contributed by atoms with Crippen molar-refractivity contribution >= 4 is 27.2 Å². The van der Waals surface area contributed by atoms with Crippen LogP contribution in [0.5, 0.6) is 0 Å². The van der Waals surface area contributed by atoms with E-state index < -0.39 is 0 Å². The van der Waals surface area contributed by atoms with Crippen molar-refractivity contribution in [3.8, 4) is 11.1 Å². The zero-order chi connectivity index (χ0) is 19.0. The van der Waals surface area contributed by atoms with Crippen molar-refractivity contribution in [3.63, 3.8) is 0 Å². The van der Waals surface area contributed by atoms with Gasteiger partial charge in [0.2, 0.25) is 0 Å². The highest BCUT2D eigenvalue weighted by Crippen LogP contribution is 2.30. The van der Waals surface area contributed by atoms with E-state index in [1.807, 2.05) is 42.8 Å². The molecule has 2 heterocycles. The molecular weight excluding hydrogens is 354 g/mol. The first kappa shape index (κ1) is 17.5. The van der Waals surface area contributed by atoms with E-state index in [1.54, 1.807) is 0 Å². The lowest BCUT2D eigenvalue weighted by molar-refractivity contribution is 0.841. The van der Waals surface area contributed by atoms with Gasteiger partial charge in [-0.15, -0.1) is 11.3 Å². The van der Waals surface area contributed by atoms with Gasteiger partial charge in [-0.1, -0.05) is 36.4 Å². The van der Waals surface area contributed by atoms with Gasteiger partial charge < -0.3 is 9.88 Å². The number of hydrogen-bond acceptors (Lipinski definition) is 4. The largest absolute Gasteiger partial charge is 0.367 e. The number of benzene rings is 2. The molecule has 27 heavy (non-hydrogen) atoms. The Labute approximate surface area is 162 Å². The molecule has 0 radical (unpaired) electrons. The smallest absolute Gasteiger partial charge is 0.260 e. The first-order valence-corrected chi connectivity index (χ1v) is 9.74. The van der Waals surface area contributed by atoms with Crippen molar-refractivity contribution in [2.45, 2.75) is 20.4 Å². The van der Waals surface area contributed by atoms with E-state index >= 15 is 0 Å². The molecule has 0 saturated carbocycles. The highest BCUT2D eigenvalue weighted by Gasteiger charge is 2.14. The minimum Gasteiger partial charge on any atom is -0.367 e. The minimum atomic E-state index is -0.0797. The number of anilines is 1. The molecule has 4 rings (SSSR count). The zero-order valence-electron chi connectivity index (χ0n) is 15.6. The molecule has 0 amide bonds. The number of hydrogen-bond donors (Lipinski definition) is 1. The number of nitrogens with zero attached hydrogens (tertiary/aromatic N) is 2. The van der Waals surface area contributed by atoms with Crippen LogP contribution in [0.2, 0.25) is 0 Å². The third kappa shape index (κ3) is 3.51. The lowest BCUT2D eigenvalue weighted by Crippen LogP contribution is -2.21. The summed E-state index contributed by atoms with van der Waals surface area (Å²) < 4.78 is 0. The number of thiophene rings is 1. The molecule has 0 unspecified atom stereocenters. The van der Waals surface area contributed by atoms with Crippen LogP contribution < -0.4 is 10.5 Å². The second kappa shape index (κ2) is 7.00. The first-order valence-electron chi connectivity index (χ1n) is 8.86. The standard InChI is InChI=1S/C22H21N3OS/c1-14-9-15(2)11-17(10-14)25(3)12-19-23-21(26)20-18(13-27-22(20)24-19)16-7-5-4-6-8-16/h4-11,13H,12H2,1-3H3,(H,23,24,26). The van der Waals surface area contributed by atoms with Crippen molar-refractivity contribution in [2.24, 2.45) is 0 Å². The lowest BCUT2D eigenvalue weighted by Gasteiger charge is -2.19. The predicted molar refractivity (Wildman–Crippen MR) is 114 cm³/mol. The van der Waals surface area contributed by atoms with E-state index in [1.165, 1.54) is 22.5 Å². The quantitative estimate of drug-likeness (QED) is 0.552. The van der Waals surface area contributed by atoms with E-state index in [-0.39, 0.29) is 5.56 Å². The number of fused-ring (bicyclic) bond motifs is 1. The van der Waals surface area contributed by atoms with E-state index in [0.29, 0.717) is 17.8 Å². The lowest BCUT2D eigenvalue weighted by atomic mass is 10.1. The molecule has 0 atom stereocenters. The first-order chi connectivity index (χ1) is 13.0. The van der Waals surface area contributed by atoms with Crippen LogP contribution >= 0.6 is 11.3 Å². The van der Waals surface area contributed by atoms with Gasteiger partial charge in [0.25, 0.3) is 5.56 Å². The zero-order valence-corrected chi connectivity index (χ0v) is 16.4. The summed E-state index contributed by atoms with van der Waals surface area (Å²) in [6.45, 7) is 4.73. The molecule has 0 aliphatic heterocycles. The number of aromatic nitrogens is 2. The second-order valence-electron chi connectivity index (χ2n) is 6.91. The monoisotopic (exact) mass is 375 g/mol. The van der Waals surface area contributed by atoms with Crippen LogP contribution in [-0.2, 0) is 6.54 Å². The molecule has 0 bridgehead atoms. The van der Waals surface area contributed by atoms with Crippen molar-refractivity contribution in [1.29, 1.82) is 0 Å². The number of aromatic amines is 1. The molecule has 4 aromatic rings. The highest BCUT2D eigenvalue weighted by atomic mass is 32.1. The van der Waals surface area contributed by atoms with Crippen molar-refractivity contribution in [1.82, 2.24) is 9.97 Å². The maximum absolute atomic E-state index is 12.8. The van der Waals surface area contributed by atoms with Gasteiger partial charge in [0, 0.05) is 23.7 Å². The second-order valence-corrected chi connectivity index (χ2v) is 7.77. The van der Waals surface area contributed by atoms with Gasteiger partial charge in [-0.05, 0) is 42.7 Å². The van der Waals surface area contributed by atoms with E-state index in [0.717, 1.165) is 21.6 Å². The van der Waals surface area contributed by atoms with Gasteiger partial charge in [-0.3, -0.25) is 4.79 Å². The number of rotatable bonds is 4. The molecule has 0 fully saturated rings. The van der Waals surface area contributed by atoms with Crippen LogP contribution in [0.1, 0.15) is 17.0 Å². The fourth-order valence-electron chi connectivity index (χ4n) is 3.39. The van der Waals surface area contributed by atoms with Crippen LogP contribution in [0.3, 0.4) is 0 Å². The Morgan fingerprint density at radius 3 is 2.48 bits per heavy atom. The van der Waals surface area contributed by atoms with Gasteiger partial charge in [-0.2, -0.15) is 0 Å². The molecule has 2 aromatic carbocycles. The van der Waals surface area contributed by atoms with Crippen LogP contribution in [-0.4, -0.2) is 17.0 Å². The summed E-state index contributed by atoms with van der Waals surface area (Å²) in [7, 11) is 2.02. The van der Waals surface area contributed by atoms with Crippen LogP contribution in [0.4, 0.5) is 5.69 Å². The summed E-state index contributed by atoms with van der Waals surface area (Å²) in [4.78, 5) is 23.3. The van der Waals surface area contributed by atoms with Gasteiger partial charge >= 0.3 is 0 Å². The van der Waals surface area contributed by atoms with Crippen LogP contribution in [0, 0.1) is 13.8 Å². The Kier molecular flexibility index (Phi) is 4.54. The SMILES string of the molecule is Cc1cc(C)cc(N(C)Cc2nc3scc(-c4ccccc4)c3c(=O)[nH]2)c1. The van der Waals surface area contributed by atoms with E-state index in [2.05, 4.69) is 41.9 Å². The molecule has 1 N–H and O–H groups in total. The molecular formula is C22H21N3OS. The molecule has 0 spiro atoms. The summed E-state index contributed by atoms with van der Waals surface area (Å²) in [5, 5.41) is 2.68. The maximum atomic E-state index is 12.8. The van der Waals surface area contributed by atoms with Crippen molar-refractivity contribution in [3.05, 3.63) is 81.2 Å². The Bertz CT molecular complexity index is 1140. The molecule has 0 saturated heterocycles. The molecule has 0 aliphatic carbocycles. The van der Waals surface area contributed by atoms with Gasteiger partial charge in [-0.25, -0.2) is 4.98 Å². The van der Waals surface area contributed by atoms with Crippen molar-refractivity contribution in [2.75, 3.05) is 11.9 Å². The summed E-state index contributed by atoms with van der Waals surface area (Å²) >= 11 is 1.52. The van der Waals surface area contributed by atoms with E-state index in [9.17, 15) is 4.79 Å². The Hall–Kier alpha value is -2.92. The number of H-pyrrole nitrogens is 1. The molecule has 4 nitrogen and oxygen atoms in total. The number of aryl methyl sites for hydroxylation is 2. The molecule has 0 aliphatic rings. The number of nitrogens with one attached hydrogen (secondary N) is 1. The fraction of sp³-hybridized carbons (Fsp3) is 0.182. The molecule has 2 aromatic heterocycles. The van der Waals surface area contributed by atoms with Crippen LogP contribution in [0.15, 0.2) is 58.7 Å². The van der Waals surface area contributed by atoms with Gasteiger partial charge in [0.15, 0.2) is 0 Å². The van der Waals surface area contributed by atoms with Gasteiger partial charge in [0.05, 0.1) is 11.9 Å². The normalized spacial score (nSPS) is 11.1. The topological polar surface area (TPSA) is 49.0 Å². The fourth-order valence-corrected chi connectivity index (χ4v) is 4.35. The summed E-state index contributed by atoms with van der Waals surface area (Å²) in [5.74, 6) is 0.677. The third-order valence-electron chi connectivity index (χ3n) is 4.61. The van der Waals surface area contributed by atoms with Gasteiger partial charge in [0.1, 0.15) is 10.7 Å². The Morgan fingerprint density at radius 1 is 1.07 bits per heavy atom. The minimum absolute atomic E-state index is 0.0797. The maximum Gasteiger partial charge on any atom is 0.260 e. The third-order valence-corrected chi connectivity index (χ3v) is 5.48. The molecule has 136 valence electrons. The molecule has 5 heteroatoms. The Morgan fingerprint density at radius 2 is 1.78 bits per heavy atom. The average Bonchev–Trinajstić information content (AvgIpc) is 3.06. The summed E-state index contributed by atoms with van der Waals surface area (Å²) in [5.41, 5.74) is 5.46. The van der Waals surface area contributed by atoms with Crippen molar-refractivity contribution < 1.29 is 0 Å². The van der Waals surface area contributed by atoms with E-state index in [4.69, 9.17) is 4.98 Å².